The van der Waals surface area contributed by atoms with E-state index in [2.05, 4.69) is 49.6 Å². The van der Waals surface area contributed by atoms with Crippen molar-refractivity contribution in [3.63, 3.8) is 0 Å². The Kier molecular flexibility index (Phi) is 3.57. The highest BCUT2D eigenvalue weighted by Gasteiger charge is 2.11. The summed E-state index contributed by atoms with van der Waals surface area (Å²) in [5, 5.41) is 6.86. The van der Waals surface area contributed by atoms with E-state index in [1.807, 2.05) is 0 Å². The lowest BCUT2D eigenvalue weighted by molar-refractivity contribution is 0.323. The van der Waals surface area contributed by atoms with Gasteiger partial charge in [-0.3, -0.25) is 0 Å². The van der Waals surface area contributed by atoms with Crippen molar-refractivity contribution in [1.82, 2.24) is 5.32 Å². The molecule has 0 aromatic heterocycles. The van der Waals surface area contributed by atoms with Gasteiger partial charge in [-0.25, -0.2) is 0 Å². The van der Waals surface area contributed by atoms with Gasteiger partial charge in [0, 0.05) is 12.1 Å². The molecule has 0 spiro atoms. The molecule has 0 amide bonds. The monoisotopic (exact) mass is 234 g/mol. The molecule has 3 nitrogen and oxygen atoms in total. The van der Waals surface area contributed by atoms with Gasteiger partial charge in [0.1, 0.15) is 12.4 Å². The first-order valence-electron chi connectivity index (χ1n) is 6.29. The molecule has 1 aromatic carbocycles. The van der Waals surface area contributed by atoms with Gasteiger partial charge in [-0.1, -0.05) is 6.07 Å². The molecule has 1 aromatic rings. The van der Waals surface area contributed by atoms with E-state index >= 15 is 0 Å². The number of nitrogens with one attached hydrogen (secondary N) is 2. The van der Waals surface area contributed by atoms with Crippen molar-refractivity contribution in [1.29, 1.82) is 0 Å². The fourth-order valence-corrected chi connectivity index (χ4v) is 1.93. The first-order valence-corrected chi connectivity index (χ1v) is 6.29. The van der Waals surface area contributed by atoms with E-state index in [0.29, 0.717) is 0 Å². The van der Waals surface area contributed by atoms with Crippen LogP contribution >= 0.6 is 0 Å². The summed E-state index contributed by atoms with van der Waals surface area (Å²) in [6.07, 6.45) is 1.05. The summed E-state index contributed by atoms with van der Waals surface area (Å²) >= 11 is 0. The normalized spacial score (nSPS) is 14.8. The van der Waals surface area contributed by atoms with Gasteiger partial charge in [-0.15, -0.1) is 0 Å². The molecule has 1 aliphatic heterocycles. The molecule has 1 heterocycles. The molecule has 0 atom stereocenters. The summed E-state index contributed by atoms with van der Waals surface area (Å²) in [6, 6.07) is 6.41. The molecule has 3 heteroatoms. The lowest BCUT2D eigenvalue weighted by Gasteiger charge is -2.22. The van der Waals surface area contributed by atoms with Crippen LogP contribution in [-0.2, 0) is 6.42 Å². The molecule has 0 saturated carbocycles. The molecule has 1 aliphatic rings. The van der Waals surface area contributed by atoms with Crippen molar-refractivity contribution in [3.05, 3.63) is 23.8 Å². The van der Waals surface area contributed by atoms with Crippen LogP contribution in [0.5, 0.6) is 5.75 Å². The van der Waals surface area contributed by atoms with Crippen molar-refractivity contribution in [2.45, 2.75) is 32.7 Å². The number of benzene rings is 1. The molecule has 0 aliphatic carbocycles. The molecule has 0 radical (unpaired) electrons. The van der Waals surface area contributed by atoms with Gasteiger partial charge in [-0.2, -0.15) is 0 Å². The fourth-order valence-electron chi connectivity index (χ4n) is 1.93. The second kappa shape index (κ2) is 4.96. The van der Waals surface area contributed by atoms with Gasteiger partial charge in [-0.05, 0) is 51.4 Å². The molecule has 0 bridgehead atoms. The smallest absolute Gasteiger partial charge is 0.142 e. The van der Waals surface area contributed by atoms with E-state index < -0.39 is 0 Å². The SMILES string of the molecule is CC(C)(C)NCCc1ccc2c(c1)NCCO2. The molecule has 17 heavy (non-hydrogen) atoms. The zero-order valence-corrected chi connectivity index (χ0v) is 11.0. The first kappa shape index (κ1) is 12.2. The Bertz CT molecular complexity index is 382. The zero-order valence-electron chi connectivity index (χ0n) is 11.0. The minimum atomic E-state index is 0.190. The van der Waals surface area contributed by atoms with Gasteiger partial charge in [0.05, 0.1) is 5.69 Å². The maximum Gasteiger partial charge on any atom is 0.142 e. The highest BCUT2D eigenvalue weighted by Crippen LogP contribution is 2.28. The zero-order chi connectivity index (χ0) is 12.3. The van der Waals surface area contributed by atoms with Gasteiger partial charge in [0.2, 0.25) is 0 Å². The van der Waals surface area contributed by atoms with E-state index in [1.54, 1.807) is 0 Å². The summed E-state index contributed by atoms with van der Waals surface area (Å²) in [5.41, 5.74) is 2.67. The average Bonchev–Trinajstić information content (AvgIpc) is 2.27. The van der Waals surface area contributed by atoms with Gasteiger partial charge < -0.3 is 15.4 Å². The number of hydrogen-bond acceptors (Lipinski definition) is 3. The van der Waals surface area contributed by atoms with Crippen molar-refractivity contribution in [2.75, 3.05) is 25.0 Å². The van der Waals surface area contributed by atoms with Crippen molar-refractivity contribution < 1.29 is 4.74 Å². The second-order valence-corrected chi connectivity index (χ2v) is 5.53. The molecule has 0 unspecified atom stereocenters. The number of anilines is 1. The van der Waals surface area contributed by atoms with Crippen LogP contribution in [0, 0.1) is 0 Å². The minimum Gasteiger partial charge on any atom is -0.490 e. The van der Waals surface area contributed by atoms with Crippen LogP contribution in [0.2, 0.25) is 0 Å². The molecule has 0 fully saturated rings. The van der Waals surface area contributed by atoms with Gasteiger partial charge in [0.25, 0.3) is 0 Å². The van der Waals surface area contributed by atoms with Crippen LogP contribution in [0.4, 0.5) is 5.69 Å². The number of hydrogen-bond donors (Lipinski definition) is 2. The molecular weight excluding hydrogens is 212 g/mol. The number of ether oxygens (including phenoxy) is 1. The maximum atomic E-state index is 5.56. The van der Waals surface area contributed by atoms with E-state index in [0.717, 1.165) is 37.6 Å². The van der Waals surface area contributed by atoms with Crippen molar-refractivity contribution in [3.8, 4) is 5.75 Å². The van der Waals surface area contributed by atoms with Crippen molar-refractivity contribution >= 4 is 5.69 Å². The Morgan fingerprint density at radius 2 is 2.18 bits per heavy atom. The standard InChI is InChI=1S/C14H22N2O/c1-14(2,3)16-7-6-11-4-5-13-12(10-11)15-8-9-17-13/h4-5,10,15-16H,6-9H2,1-3H3. The van der Waals surface area contributed by atoms with Crippen LogP contribution in [-0.4, -0.2) is 25.2 Å². The minimum absolute atomic E-state index is 0.190. The van der Waals surface area contributed by atoms with Crippen molar-refractivity contribution in [2.24, 2.45) is 0 Å². The predicted molar refractivity (Wildman–Crippen MR) is 71.9 cm³/mol. The Balaban J connectivity index is 1.93. The summed E-state index contributed by atoms with van der Waals surface area (Å²) in [7, 11) is 0. The third-order valence-electron chi connectivity index (χ3n) is 2.79. The maximum absolute atomic E-state index is 5.56. The van der Waals surface area contributed by atoms with Crippen LogP contribution in [0.1, 0.15) is 26.3 Å². The average molecular weight is 234 g/mol. The van der Waals surface area contributed by atoms with E-state index in [-0.39, 0.29) is 5.54 Å². The lowest BCUT2D eigenvalue weighted by Crippen LogP contribution is -2.37. The predicted octanol–water partition coefficient (Wildman–Crippen LogP) is 2.42. The Hall–Kier alpha value is -1.22. The molecule has 0 saturated heterocycles. The largest absolute Gasteiger partial charge is 0.490 e. The summed E-state index contributed by atoms with van der Waals surface area (Å²) in [4.78, 5) is 0. The second-order valence-electron chi connectivity index (χ2n) is 5.53. The third-order valence-corrected chi connectivity index (χ3v) is 2.79. The molecular formula is C14H22N2O. The van der Waals surface area contributed by atoms with E-state index in [1.165, 1.54) is 5.56 Å². The number of rotatable bonds is 3. The van der Waals surface area contributed by atoms with Crippen LogP contribution < -0.4 is 15.4 Å². The molecule has 2 N–H and O–H groups in total. The fraction of sp³-hybridized carbons (Fsp3) is 0.571. The third kappa shape index (κ3) is 3.63. The highest BCUT2D eigenvalue weighted by atomic mass is 16.5. The number of fused-ring (bicyclic) bond motifs is 1. The Labute approximate surface area is 104 Å². The quantitative estimate of drug-likeness (QED) is 0.842. The summed E-state index contributed by atoms with van der Waals surface area (Å²) in [6.45, 7) is 9.23. The topological polar surface area (TPSA) is 33.3 Å². The highest BCUT2D eigenvalue weighted by molar-refractivity contribution is 5.59. The van der Waals surface area contributed by atoms with Gasteiger partial charge in [0.15, 0.2) is 0 Å². The first-order chi connectivity index (χ1) is 8.04. The van der Waals surface area contributed by atoms with Crippen LogP contribution in [0.3, 0.4) is 0 Å². The van der Waals surface area contributed by atoms with Crippen LogP contribution in [0.15, 0.2) is 18.2 Å². The summed E-state index contributed by atoms with van der Waals surface area (Å²) in [5.74, 6) is 0.976. The Morgan fingerprint density at radius 1 is 1.35 bits per heavy atom. The van der Waals surface area contributed by atoms with E-state index in [4.69, 9.17) is 4.74 Å². The van der Waals surface area contributed by atoms with Crippen LogP contribution in [0.25, 0.3) is 0 Å². The van der Waals surface area contributed by atoms with Gasteiger partial charge >= 0.3 is 0 Å². The molecule has 2 rings (SSSR count). The Morgan fingerprint density at radius 3 is 2.94 bits per heavy atom. The lowest BCUT2D eigenvalue weighted by atomic mass is 10.1. The molecule has 94 valence electrons. The van der Waals surface area contributed by atoms with E-state index in [9.17, 15) is 0 Å². The summed E-state index contributed by atoms with van der Waals surface area (Å²) < 4.78 is 5.56.